The van der Waals surface area contributed by atoms with Crippen LogP contribution in [-0.4, -0.2) is 16.8 Å². The molecule has 0 aliphatic carbocycles. The van der Waals surface area contributed by atoms with E-state index in [9.17, 15) is 0 Å². The van der Waals surface area contributed by atoms with E-state index in [1.165, 1.54) is 0 Å². The lowest BCUT2D eigenvalue weighted by Gasteiger charge is -1.99. The van der Waals surface area contributed by atoms with E-state index in [2.05, 4.69) is 10.3 Å². The van der Waals surface area contributed by atoms with Crippen LogP contribution in [0.15, 0.2) is 18.3 Å². The molecule has 3 heteroatoms. The summed E-state index contributed by atoms with van der Waals surface area (Å²) in [6.45, 7) is 1.89. The van der Waals surface area contributed by atoms with Crippen molar-refractivity contribution in [2.75, 3.05) is 12.0 Å². The molecule has 0 aromatic carbocycles. The molecular weight excluding hydrogens is 128 g/mol. The van der Waals surface area contributed by atoms with Crippen molar-refractivity contribution in [2.24, 2.45) is 0 Å². The lowest BCUT2D eigenvalue weighted by molar-refractivity contribution is 0.325. The Morgan fingerprint density at radius 3 is 2.90 bits per heavy atom. The summed E-state index contributed by atoms with van der Waals surface area (Å²) < 4.78 is 0. The second kappa shape index (κ2) is 3.17. The monoisotopic (exact) mass is 138 g/mol. The number of aryl methyl sites for hydroxylation is 1. The van der Waals surface area contributed by atoms with Crippen molar-refractivity contribution < 1.29 is 5.11 Å². The molecule has 0 fully saturated rings. The minimum Gasteiger partial charge on any atom is -0.377 e. The number of hydrogen-bond donors (Lipinski definition) is 2. The minimum atomic E-state index is -0.0734. The molecule has 0 spiro atoms. The van der Waals surface area contributed by atoms with Gasteiger partial charge in [0.1, 0.15) is 12.5 Å². The highest BCUT2D eigenvalue weighted by atomic mass is 16.3. The summed E-state index contributed by atoms with van der Waals surface area (Å²) in [4.78, 5) is 4.00. The first-order valence-corrected chi connectivity index (χ1v) is 3.10. The zero-order valence-corrected chi connectivity index (χ0v) is 5.83. The molecule has 1 aromatic heterocycles. The third-order valence-corrected chi connectivity index (χ3v) is 1.17. The summed E-state index contributed by atoms with van der Waals surface area (Å²) >= 11 is 0. The molecule has 0 saturated heterocycles. The van der Waals surface area contributed by atoms with Gasteiger partial charge >= 0.3 is 0 Å². The van der Waals surface area contributed by atoms with Gasteiger partial charge in [-0.25, -0.2) is 4.98 Å². The fourth-order valence-electron chi connectivity index (χ4n) is 0.653. The molecule has 0 saturated carbocycles. The van der Waals surface area contributed by atoms with Crippen LogP contribution in [0, 0.1) is 6.92 Å². The maximum Gasteiger partial charge on any atom is 0.127 e. The Morgan fingerprint density at radius 1 is 1.60 bits per heavy atom. The van der Waals surface area contributed by atoms with Crippen molar-refractivity contribution in [3.63, 3.8) is 0 Å². The van der Waals surface area contributed by atoms with Crippen molar-refractivity contribution in [3.05, 3.63) is 23.9 Å². The lowest BCUT2D eigenvalue weighted by Crippen LogP contribution is -2.00. The molecule has 1 rings (SSSR count). The summed E-state index contributed by atoms with van der Waals surface area (Å²) in [5.74, 6) is 0.702. The molecule has 3 nitrogen and oxygen atoms in total. The molecule has 0 aliphatic heterocycles. The van der Waals surface area contributed by atoms with E-state index in [-0.39, 0.29) is 6.73 Å². The van der Waals surface area contributed by atoms with Crippen molar-refractivity contribution in [3.8, 4) is 0 Å². The van der Waals surface area contributed by atoms with E-state index >= 15 is 0 Å². The Kier molecular flexibility index (Phi) is 2.23. The lowest BCUT2D eigenvalue weighted by atomic mass is 10.3. The highest BCUT2D eigenvalue weighted by Crippen LogP contribution is 2.01. The van der Waals surface area contributed by atoms with Gasteiger partial charge < -0.3 is 10.4 Å². The molecular formula is C7H10N2O. The van der Waals surface area contributed by atoms with Gasteiger partial charge in [0.15, 0.2) is 0 Å². The van der Waals surface area contributed by atoms with Gasteiger partial charge in [0.25, 0.3) is 0 Å². The predicted molar refractivity (Wildman–Crippen MR) is 39.7 cm³/mol. The summed E-state index contributed by atoms with van der Waals surface area (Å²) in [5, 5.41) is 11.1. The molecule has 0 radical (unpaired) electrons. The van der Waals surface area contributed by atoms with Crippen molar-refractivity contribution in [1.29, 1.82) is 0 Å². The van der Waals surface area contributed by atoms with Crippen LogP contribution in [-0.2, 0) is 0 Å². The highest BCUT2D eigenvalue weighted by molar-refractivity contribution is 5.34. The van der Waals surface area contributed by atoms with Gasteiger partial charge in [-0.05, 0) is 18.6 Å². The number of anilines is 1. The van der Waals surface area contributed by atoms with E-state index in [0.29, 0.717) is 5.82 Å². The van der Waals surface area contributed by atoms with Gasteiger partial charge in [0, 0.05) is 6.20 Å². The average molecular weight is 138 g/mol. The fourth-order valence-corrected chi connectivity index (χ4v) is 0.653. The number of aromatic nitrogens is 1. The van der Waals surface area contributed by atoms with Gasteiger partial charge in [0.2, 0.25) is 0 Å². The first-order valence-electron chi connectivity index (χ1n) is 3.10. The second-order valence-electron chi connectivity index (χ2n) is 2.06. The van der Waals surface area contributed by atoms with Crippen LogP contribution in [0.1, 0.15) is 5.56 Å². The molecule has 2 N–H and O–H groups in total. The zero-order chi connectivity index (χ0) is 7.40. The van der Waals surface area contributed by atoms with Crippen LogP contribution in [0.2, 0.25) is 0 Å². The van der Waals surface area contributed by atoms with E-state index < -0.39 is 0 Å². The molecule has 0 unspecified atom stereocenters. The van der Waals surface area contributed by atoms with Crippen molar-refractivity contribution in [1.82, 2.24) is 4.98 Å². The smallest absolute Gasteiger partial charge is 0.127 e. The van der Waals surface area contributed by atoms with Gasteiger partial charge in [-0.2, -0.15) is 0 Å². The van der Waals surface area contributed by atoms with Crippen molar-refractivity contribution >= 4 is 5.82 Å². The number of aliphatic hydroxyl groups excluding tert-OH is 1. The average Bonchev–Trinajstić information content (AvgIpc) is 1.95. The molecule has 0 atom stereocenters. The number of rotatable bonds is 2. The third kappa shape index (κ3) is 1.70. The van der Waals surface area contributed by atoms with E-state index in [1.54, 1.807) is 6.20 Å². The number of pyridine rings is 1. The molecule has 0 aliphatic rings. The molecule has 0 bridgehead atoms. The van der Waals surface area contributed by atoms with Crippen LogP contribution < -0.4 is 5.32 Å². The Morgan fingerprint density at radius 2 is 2.40 bits per heavy atom. The molecule has 54 valence electrons. The summed E-state index contributed by atoms with van der Waals surface area (Å²) in [5.41, 5.74) is 1.11. The quantitative estimate of drug-likeness (QED) is 0.593. The molecule has 10 heavy (non-hydrogen) atoms. The topological polar surface area (TPSA) is 45.1 Å². The Hall–Kier alpha value is -1.09. The first kappa shape index (κ1) is 7.02. The summed E-state index contributed by atoms with van der Waals surface area (Å²) in [6, 6.07) is 3.76. The molecule has 1 heterocycles. The van der Waals surface area contributed by atoms with Gasteiger partial charge in [-0.1, -0.05) is 6.07 Å². The first-order chi connectivity index (χ1) is 4.83. The number of nitrogens with one attached hydrogen (secondary N) is 1. The van der Waals surface area contributed by atoms with Crippen LogP contribution >= 0.6 is 0 Å². The number of hydrogen-bond acceptors (Lipinski definition) is 3. The minimum absolute atomic E-state index is 0.0734. The van der Waals surface area contributed by atoms with Crippen LogP contribution in [0.25, 0.3) is 0 Å². The van der Waals surface area contributed by atoms with Crippen LogP contribution in [0.5, 0.6) is 0 Å². The Balaban J connectivity index is 2.69. The summed E-state index contributed by atoms with van der Waals surface area (Å²) in [6.07, 6.45) is 1.75. The van der Waals surface area contributed by atoms with E-state index in [0.717, 1.165) is 5.56 Å². The van der Waals surface area contributed by atoms with E-state index in [4.69, 9.17) is 5.11 Å². The Bertz CT molecular complexity index is 195. The summed E-state index contributed by atoms with van der Waals surface area (Å²) in [7, 11) is 0. The molecule has 0 amide bonds. The maximum absolute atomic E-state index is 8.44. The normalized spacial score (nSPS) is 9.40. The van der Waals surface area contributed by atoms with Crippen LogP contribution in [0.3, 0.4) is 0 Å². The molecule has 1 aromatic rings. The SMILES string of the molecule is Cc1ccc(NCO)nc1. The van der Waals surface area contributed by atoms with Crippen LogP contribution in [0.4, 0.5) is 5.82 Å². The standard InChI is InChI=1S/C7H10N2O/c1-6-2-3-7(8-4-6)9-5-10/h2-4,10H,5H2,1H3,(H,8,9). The fraction of sp³-hybridized carbons (Fsp3) is 0.286. The number of aliphatic hydroxyl groups is 1. The number of nitrogens with zero attached hydrogens (tertiary/aromatic N) is 1. The second-order valence-corrected chi connectivity index (χ2v) is 2.06. The zero-order valence-electron chi connectivity index (χ0n) is 5.83. The highest BCUT2D eigenvalue weighted by Gasteiger charge is 1.88. The largest absolute Gasteiger partial charge is 0.377 e. The van der Waals surface area contributed by atoms with Crippen molar-refractivity contribution in [2.45, 2.75) is 6.92 Å². The third-order valence-electron chi connectivity index (χ3n) is 1.17. The van der Waals surface area contributed by atoms with Gasteiger partial charge in [-0.3, -0.25) is 0 Å². The maximum atomic E-state index is 8.44. The Labute approximate surface area is 59.7 Å². The van der Waals surface area contributed by atoms with E-state index in [1.807, 2.05) is 19.1 Å². The van der Waals surface area contributed by atoms with Gasteiger partial charge in [0.05, 0.1) is 0 Å². The van der Waals surface area contributed by atoms with Gasteiger partial charge in [-0.15, -0.1) is 0 Å². The predicted octanol–water partition coefficient (Wildman–Crippen LogP) is 0.752.